The number of benzene rings is 1. The van der Waals surface area contributed by atoms with E-state index in [4.69, 9.17) is 0 Å². The molecule has 2 fully saturated rings. The van der Waals surface area contributed by atoms with E-state index >= 15 is 4.39 Å². The van der Waals surface area contributed by atoms with Crippen LogP contribution in [0.5, 0.6) is 0 Å². The number of halogens is 2. The van der Waals surface area contributed by atoms with Crippen LogP contribution in [0.3, 0.4) is 0 Å². The monoisotopic (exact) mass is 488 g/mol. The highest BCUT2D eigenvalue weighted by atomic mass is 19.1. The minimum absolute atomic E-state index is 0.243. The van der Waals surface area contributed by atoms with Crippen LogP contribution in [0.2, 0.25) is 0 Å². The Balaban J connectivity index is 1.27. The van der Waals surface area contributed by atoms with E-state index in [1.165, 1.54) is 17.8 Å². The Bertz CT molecular complexity index is 1320. The molecule has 0 radical (unpaired) electrons. The van der Waals surface area contributed by atoms with Gasteiger partial charge in [-0.25, -0.2) is 23.7 Å². The second-order valence-electron chi connectivity index (χ2n) is 10.4. The highest BCUT2D eigenvalue weighted by Crippen LogP contribution is 2.57. The molecular formula is C28H30F2N6. The number of nitrogens with zero attached hydrogens (tertiary/aromatic N) is 5. The highest BCUT2D eigenvalue weighted by molar-refractivity contribution is 6.01. The average Bonchev–Trinajstić information content (AvgIpc) is 3.45. The number of likely N-dealkylation sites (tertiary alicyclic amines) is 1. The van der Waals surface area contributed by atoms with Crippen LogP contribution in [0, 0.1) is 11.6 Å². The third-order valence-corrected chi connectivity index (χ3v) is 8.37. The Morgan fingerprint density at radius 1 is 1.00 bits per heavy atom. The first-order valence-electron chi connectivity index (χ1n) is 12.7. The summed E-state index contributed by atoms with van der Waals surface area (Å²) in [7, 11) is 2.16. The molecule has 3 aliphatic rings. The van der Waals surface area contributed by atoms with Crippen LogP contribution in [0.4, 0.5) is 26.2 Å². The smallest absolute Gasteiger partial charge is 0.228 e. The molecule has 1 saturated carbocycles. The van der Waals surface area contributed by atoms with E-state index in [2.05, 4.69) is 43.3 Å². The van der Waals surface area contributed by atoms with Crippen molar-refractivity contribution in [2.75, 3.05) is 25.5 Å². The second kappa shape index (κ2) is 9.00. The summed E-state index contributed by atoms with van der Waals surface area (Å²) in [6, 6.07) is 9.10. The third kappa shape index (κ3) is 3.79. The van der Waals surface area contributed by atoms with Crippen LogP contribution in [0.25, 0.3) is 0 Å². The molecule has 1 aromatic carbocycles. The van der Waals surface area contributed by atoms with Crippen LogP contribution >= 0.6 is 0 Å². The molecule has 36 heavy (non-hydrogen) atoms. The summed E-state index contributed by atoms with van der Waals surface area (Å²) in [5.74, 6) is 0.424. The van der Waals surface area contributed by atoms with Crippen LogP contribution in [0.15, 0.2) is 47.7 Å². The van der Waals surface area contributed by atoms with Crippen molar-refractivity contribution in [1.29, 1.82) is 0 Å². The van der Waals surface area contributed by atoms with Crippen molar-refractivity contribution >= 4 is 23.2 Å². The molecule has 0 amide bonds. The fourth-order valence-corrected chi connectivity index (χ4v) is 6.44. The van der Waals surface area contributed by atoms with E-state index in [0.29, 0.717) is 29.1 Å². The zero-order chi connectivity index (χ0) is 24.9. The fraction of sp³-hybridized carbons (Fsp3) is 0.429. The lowest BCUT2D eigenvalue weighted by Crippen LogP contribution is -2.35. The summed E-state index contributed by atoms with van der Waals surface area (Å²) in [4.78, 5) is 20.3. The summed E-state index contributed by atoms with van der Waals surface area (Å²) >= 11 is 0. The van der Waals surface area contributed by atoms with Gasteiger partial charge in [0.2, 0.25) is 5.95 Å². The Morgan fingerprint density at radius 3 is 2.61 bits per heavy atom. The van der Waals surface area contributed by atoms with Crippen molar-refractivity contribution in [3.05, 3.63) is 71.2 Å². The predicted octanol–water partition coefficient (Wildman–Crippen LogP) is 6.01. The maximum absolute atomic E-state index is 15.2. The molecule has 1 spiro atoms. The molecule has 2 aromatic heterocycles. The lowest BCUT2D eigenvalue weighted by atomic mass is 9.69. The molecule has 1 N–H and O–H groups in total. The van der Waals surface area contributed by atoms with Gasteiger partial charge in [-0.2, -0.15) is 0 Å². The second-order valence-corrected chi connectivity index (χ2v) is 10.4. The van der Waals surface area contributed by atoms with E-state index in [0.717, 1.165) is 56.5 Å². The van der Waals surface area contributed by atoms with Crippen molar-refractivity contribution in [3.63, 3.8) is 0 Å². The topological polar surface area (TPSA) is 66.3 Å². The van der Waals surface area contributed by atoms with Gasteiger partial charge in [0.25, 0.3) is 0 Å². The lowest BCUT2D eigenvalue weighted by Gasteiger charge is -2.33. The molecule has 2 unspecified atom stereocenters. The van der Waals surface area contributed by atoms with Crippen LogP contribution < -0.4 is 5.32 Å². The number of fused-ring (bicyclic) bond motifs is 2. The maximum Gasteiger partial charge on any atom is 0.228 e. The van der Waals surface area contributed by atoms with Crippen molar-refractivity contribution in [2.45, 2.75) is 56.3 Å². The molecule has 1 saturated heterocycles. The Kier molecular flexibility index (Phi) is 5.79. The molecule has 8 heteroatoms. The first-order valence-corrected chi connectivity index (χ1v) is 12.7. The van der Waals surface area contributed by atoms with E-state index < -0.39 is 11.2 Å². The number of hydrogen-bond acceptors (Lipinski definition) is 6. The Hall–Kier alpha value is -3.26. The van der Waals surface area contributed by atoms with Gasteiger partial charge in [-0.1, -0.05) is 24.6 Å². The number of anilines is 2. The molecule has 1 aliphatic carbocycles. The number of para-hydroxylation sites is 1. The van der Waals surface area contributed by atoms with E-state index in [1.807, 2.05) is 25.3 Å². The van der Waals surface area contributed by atoms with Gasteiger partial charge in [-0.3, -0.25) is 4.99 Å². The minimum Gasteiger partial charge on any atom is -0.309 e. The Labute approximate surface area is 209 Å². The highest BCUT2D eigenvalue weighted by Gasteiger charge is 2.52. The van der Waals surface area contributed by atoms with Crippen molar-refractivity contribution < 1.29 is 8.78 Å². The molecule has 4 heterocycles. The van der Waals surface area contributed by atoms with Gasteiger partial charge in [0.15, 0.2) is 5.82 Å². The zero-order valence-corrected chi connectivity index (χ0v) is 20.6. The van der Waals surface area contributed by atoms with Gasteiger partial charge in [0.1, 0.15) is 17.3 Å². The number of aromatic nitrogens is 3. The molecule has 2 atom stereocenters. The third-order valence-electron chi connectivity index (χ3n) is 8.37. The normalized spacial score (nSPS) is 24.2. The zero-order valence-electron chi connectivity index (χ0n) is 20.6. The number of aliphatic imine (C=N–C) groups is 1. The first kappa shape index (κ1) is 23.2. The van der Waals surface area contributed by atoms with Crippen LogP contribution in [-0.4, -0.2) is 45.7 Å². The molecule has 3 aromatic rings. The van der Waals surface area contributed by atoms with Crippen molar-refractivity contribution in [1.82, 2.24) is 19.9 Å². The number of piperidine rings is 1. The number of pyridine rings is 1. The number of hydrogen-bond donors (Lipinski definition) is 1. The van der Waals surface area contributed by atoms with Gasteiger partial charge in [0.05, 0.1) is 11.9 Å². The lowest BCUT2D eigenvalue weighted by molar-refractivity contribution is 0.255. The van der Waals surface area contributed by atoms with Crippen LogP contribution in [-0.2, 0) is 5.41 Å². The van der Waals surface area contributed by atoms with Gasteiger partial charge >= 0.3 is 0 Å². The van der Waals surface area contributed by atoms with E-state index in [9.17, 15) is 4.39 Å². The minimum atomic E-state index is -0.544. The molecule has 186 valence electrons. The Morgan fingerprint density at radius 2 is 1.83 bits per heavy atom. The fourth-order valence-electron chi connectivity index (χ4n) is 6.44. The quantitative estimate of drug-likeness (QED) is 0.487. The molecular weight excluding hydrogens is 458 g/mol. The van der Waals surface area contributed by atoms with Gasteiger partial charge < -0.3 is 10.2 Å². The standard InChI is InChI=1S/C28H30F2N6/c1-17-28(20-5-3-7-22(29)25(20)33-17)12-4-6-21(28)26-23(30)16-32-27(35-26)34-24-9-8-19(15-31-24)18-10-13-36(2)14-11-18/h3,5,7-9,15-16,18,21H,4,6,10-14H2,1-2H3,(H,31,32,34,35). The van der Waals surface area contributed by atoms with Gasteiger partial charge in [0, 0.05) is 23.2 Å². The first-order chi connectivity index (χ1) is 17.5. The van der Waals surface area contributed by atoms with Crippen molar-refractivity contribution in [2.24, 2.45) is 4.99 Å². The predicted molar refractivity (Wildman–Crippen MR) is 136 cm³/mol. The SMILES string of the molecule is CC1=Nc2c(F)cccc2C12CCCC2c1nc(Nc2ccc(C3CCN(C)CC3)cn2)ncc1F. The summed E-state index contributed by atoms with van der Waals surface area (Å²) in [6.07, 6.45) is 7.83. The number of rotatable bonds is 4. The maximum atomic E-state index is 15.2. The summed E-state index contributed by atoms with van der Waals surface area (Å²) in [5, 5.41) is 3.15. The van der Waals surface area contributed by atoms with Crippen molar-refractivity contribution in [3.8, 4) is 0 Å². The molecule has 0 bridgehead atoms. The molecule has 6 nitrogen and oxygen atoms in total. The van der Waals surface area contributed by atoms with E-state index in [-0.39, 0.29) is 11.7 Å². The molecule has 6 rings (SSSR count). The summed E-state index contributed by atoms with van der Waals surface area (Å²) in [6.45, 7) is 4.12. The summed E-state index contributed by atoms with van der Waals surface area (Å²) in [5.41, 5.74) is 3.08. The van der Waals surface area contributed by atoms with Crippen LogP contribution in [0.1, 0.15) is 67.7 Å². The van der Waals surface area contributed by atoms with Gasteiger partial charge in [-0.15, -0.1) is 0 Å². The van der Waals surface area contributed by atoms with Gasteiger partial charge in [-0.05, 0) is 81.9 Å². The number of nitrogens with one attached hydrogen (secondary N) is 1. The van der Waals surface area contributed by atoms with E-state index in [1.54, 1.807) is 6.07 Å². The molecule has 2 aliphatic heterocycles. The average molecular weight is 489 g/mol. The summed E-state index contributed by atoms with van der Waals surface area (Å²) < 4.78 is 29.7. The largest absolute Gasteiger partial charge is 0.309 e.